The first kappa shape index (κ1) is 22.0. The number of rotatable bonds is 7. The summed E-state index contributed by atoms with van der Waals surface area (Å²) in [6, 6.07) is 14.0. The summed E-state index contributed by atoms with van der Waals surface area (Å²) in [5.74, 6) is 0.491. The Morgan fingerprint density at radius 1 is 1.13 bits per heavy atom. The van der Waals surface area contributed by atoms with Crippen LogP contribution in [0.5, 0.6) is 0 Å². The zero-order valence-corrected chi connectivity index (χ0v) is 19.0. The highest BCUT2D eigenvalue weighted by molar-refractivity contribution is 7.87. The van der Waals surface area contributed by atoms with Crippen LogP contribution in [-0.4, -0.2) is 23.4 Å². The van der Waals surface area contributed by atoms with Gasteiger partial charge in [-0.1, -0.05) is 62.7 Å². The number of allylic oxidation sites excluding steroid dienone is 1. The molecule has 0 saturated carbocycles. The van der Waals surface area contributed by atoms with Crippen molar-refractivity contribution in [1.29, 1.82) is 0 Å². The summed E-state index contributed by atoms with van der Waals surface area (Å²) in [4.78, 5) is 0.103. The van der Waals surface area contributed by atoms with Gasteiger partial charge in [0.2, 0.25) is 5.88 Å². The average Bonchev–Trinajstić information content (AvgIpc) is 3.08. The first-order valence-electron chi connectivity index (χ1n) is 10.1. The Balaban J connectivity index is 1.97. The van der Waals surface area contributed by atoms with Crippen LogP contribution in [0.3, 0.4) is 0 Å². The third kappa shape index (κ3) is 5.48. The molecule has 2 aromatic carbocycles. The molecule has 0 fully saturated rings. The molecule has 1 aromatic heterocycles. The number of aryl methyl sites for hydroxylation is 1. The number of para-hydroxylation sites is 1. The molecule has 0 amide bonds. The number of hydrogen-bond donors (Lipinski definition) is 0. The molecule has 0 radical (unpaired) electrons. The van der Waals surface area contributed by atoms with Crippen LogP contribution in [0, 0.1) is 18.3 Å². The first-order valence-corrected chi connectivity index (χ1v) is 11.5. The van der Waals surface area contributed by atoms with E-state index in [9.17, 15) is 8.42 Å². The highest BCUT2D eigenvalue weighted by atomic mass is 32.2. The van der Waals surface area contributed by atoms with Gasteiger partial charge in [0.05, 0.1) is 5.52 Å². The van der Waals surface area contributed by atoms with E-state index >= 15 is 0 Å². The maximum Gasteiger partial charge on any atom is 0.340 e. The maximum absolute atomic E-state index is 12.9. The van der Waals surface area contributed by atoms with Crippen molar-refractivity contribution in [1.82, 2.24) is 15.0 Å². The van der Waals surface area contributed by atoms with Crippen molar-refractivity contribution in [2.45, 2.75) is 52.4 Å². The third-order valence-electron chi connectivity index (χ3n) is 4.72. The summed E-state index contributed by atoms with van der Waals surface area (Å²) >= 11 is 0. The fourth-order valence-corrected chi connectivity index (χ4v) is 4.41. The predicted octanol–water partition coefficient (Wildman–Crippen LogP) is 5.41. The second kappa shape index (κ2) is 8.60. The van der Waals surface area contributed by atoms with Gasteiger partial charge in [0, 0.05) is 0 Å². The molecule has 3 rings (SSSR count). The predicted molar refractivity (Wildman–Crippen MR) is 119 cm³/mol. The molecule has 6 nitrogen and oxygen atoms in total. The van der Waals surface area contributed by atoms with Crippen LogP contribution in [0.4, 0.5) is 0 Å². The van der Waals surface area contributed by atoms with Crippen LogP contribution in [0.15, 0.2) is 59.5 Å². The Labute approximate surface area is 178 Å². The van der Waals surface area contributed by atoms with Crippen LogP contribution in [0.25, 0.3) is 16.9 Å². The van der Waals surface area contributed by atoms with Crippen molar-refractivity contribution in [2.75, 3.05) is 0 Å². The van der Waals surface area contributed by atoms with Crippen molar-refractivity contribution >= 4 is 27.0 Å². The minimum atomic E-state index is -4.01. The van der Waals surface area contributed by atoms with Gasteiger partial charge in [-0.05, 0) is 61.4 Å². The van der Waals surface area contributed by atoms with E-state index in [1.54, 1.807) is 30.3 Å². The molecule has 0 bridgehead atoms. The molecule has 0 aliphatic rings. The lowest BCUT2D eigenvalue weighted by molar-refractivity contribution is 0.307. The molecule has 0 aliphatic carbocycles. The van der Waals surface area contributed by atoms with E-state index in [0.29, 0.717) is 23.4 Å². The van der Waals surface area contributed by atoms with E-state index < -0.39 is 10.1 Å². The van der Waals surface area contributed by atoms with E-state index in [4.69, 9.17) is 4.18 Å². The Bertz CT molecular complexity index is 1140. The Morgan fingerprint density at radius 3 is 2.47 bits per heavy atom. The molecule has 0 N–H and O–H groups in total. The average molecular weight is 428 g/mol. The fraction of sp³-hybridized carbons (Fsp3) is 0.391. The van der Waals surface area contributed by atoms with E-state index in [1.165, 1.54) is 4.68 Å². The van der Waals surface area contributed by atoms with Crippen molar-refractivity contribution < 1.29 is 12.6 Å². The summed E-state index contributed by atoms with van der Waals surface area (Å²) in [5, 5.41) is 8.29. The normalized spacial score (nSPS) is 14.1. The smallest absolute Gasteiger partial charge is 0.340 e. The number of nitrogens with zero attached hydrogens (tertiary/aromatic N) is 3. The minimum absolute atomic E-state index is 0.103. The summed E-state index contributed by atoms with van der Waals surface area (Å²) in [6.07, 6.45) is 3.45. The maximum atomic E-state index is 12.9. The van der Waals surface area contributed by atoms with Gasteiger partial charge in [0.25, 0.3) is 0 Å². The summed E-state index contributed by atoms with van der Waals surface area (Å²) in [7, 11) is -4.01. The van der Waals surface area contributed by atoms with Gasteiger partial charge in [-0.25, -0.2) is 0 Å². The number of benzene rings is 2. The lowest BCUT2D eigenvalue weighted by atomic mass is 9.84. The Kier molecular flexibility index (Phi) is 6.31. The van der Waals surface area contributed by atoms with Gasteiger partial charge in [0.15, 0.2) is 0 Å². The van der Waals surface area contributed by atoms with Crippen LogP contribution in [-0.2, 0) is 14.3 Å². The zero-order valence-electron chi connectivity index (χ0n) is 18.2. The SMILES string of the molecule is Cc1ccc(S(=O)(=O)OC(=CCC(C)CC(C)(C)C)n2nnc3ccccc32)cc1. The lowest BCUT2D eigenvalue weighted by Crippen LogP contribution is -2.13. The van der Waals surface area contributed by atoms with Gasteiger partial charge in [0.1, 0.15) is 10.4 Å². The van der Waals surface area contributed by atoms with Gasteiger partial charge >= 0.3 is 10.1 Å². The zero-order chi connectivity index (χ0) is 21.9. The molecule has 0 spiro atoms. The van der Waals surface area contributed by atoms with Gasteiger partial charge in [-0.15, -0.1) is 5.10 Å². The fourth-order valence-electron chi connectivity index (χ4n) is 3.48. The lowest BCUT2D eigenvalue weighted by Gasteiger charge is -2.22. The number of hydrogen-bond acceptors (Lipinski definition) is 5. The van der Waals surface area contributed by atoms with Crippen LogP contribution in [0.1, 0.15) is 46.1 Å². The molecule has 30 heavy (non-hydrogen) atoms. The topological polar surface area (TPSA) is 74.1 Å². The molecule has 160 valence electrons. The Morgan fingerprint density at radius 2 is 1.80 bits per heavy atom. The largest absolute Gasteiger partial charge is 0.358 e. The first-order chi connectivity index (χ1) is 14.0. The second-order valence-corrected chi connectivity index (χ2v) is 10.5. The highest BCUT2D eigenvalue weighted by Gasteiger charge is 2.22. The molecule has 0 saturated heterocycles. The van der Waals surface area contributed by atoms with E-state index in [0.717, 1.165) is 12.0 Å². The van der Waals surface area contributed by atoms with Crippen LogP contribution in [0.2, 0.25) is 0 Å². The molecule has 1 unspecified atom stereocenters. The second-order valence-electron chi connectivity index (χ2n) is 8.99. The van der Waals surface area contributed by atoms with Crippen molar-refractivity contribution in [3.05, 3.63) is 60.2 Å². The van der Waals surface area contributed by atoms with Crippen LogP contribution < -0.4 is 0 Å². The quantitative estimate of drug-likeness (QED) is 0.372. The summed E-state index contributed by atoms with van der Waals surface area (Å²) < 4.78 is 32.9. The molecular weight excluding hydrogens is 398 g/mol. The van der Waals surface area contributed by atoms with Gasteiger partial charge in [-0.2, -0.15) is 13.1 Å². The number of fused-ring (bicyclic) bond motifs is 1. The van der Waals surface area contributed by atoms with E-state index in [-0.39, 0.29) is 16.2 Å². The third-order valence-corrected chi connectivity index (χ3v) is 5.96. The highest BCUT2D eigenvalue weighted by Crippen LogP contribution is 2.28. The monoisotopic (exact) mass is 427 g/mol. The van der Waals surface area contributed by atoms with E-state index in [1.807, 2.05) is 31.2 Å². The van der Waals surface area contributed by atoms with Gasteiger partial charge in [-0.3, -0.25) is 0 Å². The standard InChI is InChI=1S/C23H29N3O3S/c1-17-10-13-19(14-11-17)30(27,28)29-22(15-12-18(2)16-23(3,4)5)26-21-9-7-6-8-20(21)24-25-26/h6-11,13-15,18H,12,16H2,1-5H3. The molecule has 0 aliphatic heterocycles. The molecule has 1 heterocycles. The molecule has 7 heteroatoms. The summed E-state index contributed by atoms with van der Waals surface area (Å²) in [5.41, 5.74) is 2.51. The molecule has 1 atom stereocenters. The van der Waals surface area contributed by atoms with Crippen LogP contribution >= 0.6 is 0 Å². The van der Waals surface area contributed by atoms with Crippen molar-refractivity contribution in [3.8, 4) is 0 Å². The summed E-state index contributed by atoms with van der Waals surface area (Å²) in [6.45, 7) is 10.6. The van der Waals surface area contributed by atoms with Gasteiger partial charge < -0.3 is 4.18 Å². The van der Waals surface area contributed by atoms with E-state index in [2.05, 4.69) is 38.0 Å². The van der Waals surface area contributed by atoms with Crippen molar-refractivity contribution in [2.24, 2.45) is 11.3 Å². The minimum Gasteiger partial charge on any atom is -0.358 e. The Hall–Kier alpha value is -2.67. The molecule has 3 aromatic rings. The molecular formula is C23H29N3O3S. The van der Waals surface area contributed by atoms with Crippen molar-refractivity contribution in [3.63, 3.8) is 0 Å². The number of aromatic nitrogens is 3.